The largest absolute Gasteiger partial charge is 0.462 e. The van der Waals surface area contributed by atoms with Gasteiger partial charge in [0.15, 0.2) is 6.10 Å². The van der Waals surface area contributed by atoms with Gasteiger partial charge in [-0.15, -0.1) is 0 Å². The molecule has 414 valence electrons. The topological polar surface area (TPSA) is 78.9 Å². The first-order valence-corrected chi connectivity index (χ1v) is 30.6. The summed E-state index contributed by atoms with van der Waals surface area (Å²) in [7, 11) is 0. The van der Waals surface area contributed by atoms with Crippen LogP contribution >= 0.6 is 0 Å². The van der Waals surface area contributed by atoms with Crippen molar-refractivity contribution < 1.29 is 28.6 Å². The average molecular weight is 1000 g/mol. The number of carbonyl (C=O) groups is 3. The molecule has 72 heavy (non-hydrogen) atoms. The first kappa shape index (κ1) is 68.6. The molecule has 0 fully saturated rings. The first-order chi connectivity index (χ1) is 35.5. The smallest absolute Gasteiger partial charge is 0.306 e. The van der Waals surface area contributed by atoms with Gasteiger partial charge in [0.1, 0.15) is 13.2 Å². The van der Waals surface area contributed by atoms with Crippen molar-refractivity contribution in [3.8, 4) is 0 Å². The number of hydrogen-bond acceptors (Lipinski definition) is 6. The maximum Gasteiger partial charge on any atom is 0.306 e. The third kappa shape index (κ3) is 57.5. The van der Waals surface area contributed by atoms with Gasteiger partial charge in [0.05, 0.1) is 0 Å². The Morgan fingerprint density at radius 3 is 0.875 bits per heavy atom. The highest BCUT2D eigenvalue weighted by Gasteiger charge is 2.19. The fourth-order valence-electron chi connectivity index (χ4n) is 8.56. The lowest BCUT2D eigenvalue weighted by Gasteiger charge is -2.18. The first-order valence-electron chi connectivity index (χ1n) is 30.6. The molecule has 1 unspecified atom stereocenters. The summed E-state index contributed by atoms with van der Waals surface area (Å²) in [4.78, 5) is 38.2. The molecular weight excluding hydrogens is 889 g/mol. The molecule has 0 aromatic rings. The molecule has 6 heteroatoms. The zero-order chi connectivity index (χ0) is 52.2. The zero-order valence-corrected chi connectivity index (χ0v) is 47.4. The molecule has 0 aliphatic heterocycles. The third-order valence-electron chi connectivity index (χ3n) is 13.1. The number of esters is 3. The molecule has 0 aliphatic carbocycles. The van der Waals surface area contributed by atoms with Crippen molar-refractivity contribution >= 4 is 17.9 Å². The average Bonchev–Trinajstić information content (AvgIpc) is 3.38. The van der Waals surface area contributed by atoms with E-state index in [0.717, 1.165) is 122 Å². The van der Waals surface area contributed by atoms with Crippen molar-refractivity contribution in [1.82, 2.24) is 0 Å². The molecule has 0 N–H and O–H groups in total. The molecule has 0 rings (SSSR count). The maximum atomic E-state index is 12.9. The molecule has 0 aromatic heterocycles. The monoisotopic (exact) mass is 1000 g/mol. The summed E-state index contributed by atoms with van der Waals surface area (Å²) in [6, 6.07) is 0. The molecule has 0 spiro atoms. The van der Waals surface area contributed by atoms with Gasteiger partial charge in [-0.2, -0.15) is 0 Å². The molecule has 1 atom stereocenters. The molecular formula is C66H114O6. The fourth-order valence-corrected chi connectivity index (χ4v) is 8.56. The van der Waals surface area contributed by atoms with Crippen LogP contribution in [0.2, 0.25) is 0 Å². The lowest BCUT2D eigenvalue weighted by Crippen LogP contribution is -2.30. The van der Waals surface area contributed by atoms with Crippen LogP contribution in [0.3, 0.4) is 0 Å². The molecule has 0 saturated carbocycles. The molecule has 0 radical (unpaired) electrons. The molecule has 0 saturated heterocycles. The lowest BCUT2D eigenvalue weighted by atomic mass is 10.0. The van der Waals surface area contributed by atoms with Crippen LogP contribution in [0.15, 0.2) is 85.1 Å². The summed E-state index contributed by atoms with van der Waals surface area (Å²) >= 11 is 0. The summed E-state index contributed by atoms with van der Waals surface area (Å²) in [5.41, 5.74) is 0. The van der Waals surface area contributed by atoms with Crippen LogP contribution in [0.1, 0.15) is 297 Å². The van der Waals surface area contributed by atoms with E-state index in [1.165, 1.54) is 135 Å². The van der Waals surface area contributed by atoms with Crippen LogP contribution in [-0.2, 0) is 28.6 Å². The minimum absolute atomic E-state index is 0.0813. The second-order valence-corrected chi connectivity index (χ2v) is 20.2. The van der Waals surface area contributed by atoms with Crippen LogP contribution in [0.5, 0.6) is 0 Å². The summed E-state index contributed by atoms with van der Waals surface area (Å²) in [5, 5.41) is 0. The van der Waals surface area contributed by atoms with Crippen LogP contribution in [0, 0.1) is 0 Å². The minimum atomic E-state index is -0.785. The predicted molar refractivity (Wildman–Crippen MR) is 311 cm³/mol. The second kappa shape index (κ2) is 60.1. The summed E-state index contributed by atoms with van der Waals surface area (Å²) in [6.45, 7) is 6.51. The molecule has 0 aliphatic rings. The van der Waals surface area contributed by atoms with E-state index in [4.69, 9.17) is 14.2 Å². The Hall–Kier alpha value is -3.41. The Kier molecular flexibility index (Phi) is 57.3. The minimum Gasteiger partial charge on any atom is -0.462 e. The van der Waals surface area contributed by atoms with Gasteiger partial charge in [-0.3, -0.25) is 14.4 Å². The van der Waals surface area contributed by atoms with E-state index in [1.807, 2.05) is 0 Å². The van der Waals surface area contributed by atoms with E-state index < -0.39 is 6.10 Å². The van der Waals surface area contributed by atoms with Crippen LogP contribution in [-0.4, -0.2) is 37.2 Å². The van der Waals surface area contributed by atoms with Gasteiger partial charge in [-0.05, 0) is 96.3 Å². The van der Waals surface area contributed by atoms with Crippen molar-refractivity contribution in [3.05, 3.63) is 85.1 Å². The Bertz CT molecular complexity index is 1380. The Labute approximate surface area is 445 Å². The van der Waals surface area contributed by atoms with Gasteiger partial charge >= 0.3 is 17.9 Å². The molecule has 0 aromatic carbocycles. The van der Waals surface area contributed by atoms with Gasteiger partial charge in [0.2, 0.25) is 0 Å². The van der Waals surface area contributed by atoms with Crippen molar-refractivity contribution in [3.63, 3.8) is 0 Å². The Morgan fingerprint density at radius 1 is 0.292 bits per heavy atom. The predicted octanol–water partition coefficient (Wildman–Crippen LogP) is 20.7. The van der Waals surface area contributed by atoms with Gasteiger partial charge in [-0.1, -0.05) is 266 Å². The van der Waals surface area contributed by atoms with Crippen molar-refractivity contribution in [1.29, 1.82) is 0 Å². The van der Waals surface area contributed by atoms with Gasteiger partial charge in [0.25, 0.3) is 0 Å². The number of unbranched alkanes of at least 4 members (excludes halogenated alkanes) is 30. The molecule has 6 nitrogen and oxygen atoms in total. The fraction of sp³-hybridized carbons (Fsp3) is 0.742. The normalized spacial score (nSPS) is 12.7. The molecule has 0 heterocycles. The van der Waals surface area contributed by atoms with E-state index in [2.05, 4.69) is 106 Å². The maximum absolute atomic E-state index is 12.9. The summed E-state index contributed by atoms with van der Waals surface area (Å²) in [6.07, 6.45) is 78.6. The highest BCUT2D eigenvalue weighted by Crippen LogP contribution is 2.16. The standard InChI is InChI=1S/C66H114O6/c1-4-7-10-13-16-19-22-25-28-29-30-31-32-33-34-35-36-37-39-41-44-47-50-53-56-59-65(68)71-62-63(61-70-64(67)58-55-52-49-46-43-40-27-24-21-18-15-12-9-6-3)72-66(69)60-57-54-51-48-45-42-38-26-23-20-17-14-11-8-5-2/h7,10,16-17,19-20,25-26,28,30-31,33-34,38,63H,4-6,8-9,11-15,18,21-24,27,29,32,35-37,39-62H2,1-3H3/b10-7-,19-16-,20-17-,28-25-,31-30-,34-33-,38-26-. The number of hydrogen-bond donors (Lipinski definition) is 0. The summed E-state index contributed by atoms with van der Waals surface area (Å²) in [5.74, 6) is -0.891. The van der Waals surface area contributed by atoms with Crippen LogP contribution < -0.4 is 0 Å². The Morgan fingerprint density at radius 2 is 0.542 bits per heavy atom. The van der Waals surface area contributed by atoms with Gasteiger partial charge in [-0.25, -0.2) is 0 Å². The number of carbonyl (C=O) groups excluding carboxylic acids is 3. The van der Waals surface area contributed by atoms with E-state index in [-0.39, 0.29) is 31.1 Å². The van der Waals surface area contributed by atoms with Gasteiger partial charge in [0, 0.05) is 19.3 Å². The highest BCUT2D eigenvalue weighted by molar-refractivity contribution is 5.71. The highest BCUT2D eigenvalue weighted by atomic mass is 16.6. The van der Waals surface area contributed by atoms with E-state index >= 15 is 0 Å². The quantitative estimate of drug-likeness (QED) is 0.0261. The van der Waals surface area contributed by atoms with E-state index in [9.17, 15) is 14.4 Å². The van der Waals surface area contributed by atoms with Crippen LogP contribution in [0.25, 0.3) is 0 Å². The molecule has 0 bridgehead atoms. The summed E-state index contributed by atoms with van der Waals surface area (Å²) < 4.78 is 16.9. The SMILES string of the molecule is CC/C=C\C/C=C\C/C=C\C/C=C\C/C=C\CCCCCCCCCCCC(=O)OCC(COC(=O)CCCCCCCCCCCCCCCC)OC(=O)CCCCCCC/C=C\C/C=C\CCCCC. The second-order valence-electron chi connectivity index (χ2n) is 20.2. The number of rotatable bonds is 55. The van der Waals surface area contributed by atoms with Crippen molar-refractivity contribution in [2.75, 3.05) is 13.2 Å². The molecule has 0 amide bonds. The van der Waals surface area contributed by atoms with Gasteiger partial charge < -0.3 is 14.2 Å². The van der Waals surface area contributed by atoms with Crippen molar-refractivity contribution in [2.45, 2.75) is 303 Å². The zero-order valence-electron chi connectivity index (χ0n) is 47.4. The van der Waals surface area contributed by atoms with Crippen molar-refractivity contribution in [2.24, 2.45) is 0 Å². The Balaban J connectivity index is 4.33. The van der Waals surface area contributed by atoms with E-state index in [1.54, 1.807) is 0 Å². The lowest BCUT2D eigenvalue weighted by molar-refractivity contribution is -0.167. The van der Waals surface area contributed by atoms with Crippen LogP contribution in [0.4, 0.5) is 0 Å². The van der Waals surface area contributed by atoms with E-state index in [0.29, 0.717) is 19.3 Å². The third-order valence-corrected chi connectivity index (χ3v) is 13.1. The number of allylic oxidation sites excluding steroid dienone is 14. The number of ether oxygens (including phenoxy) is 3.